The van der Waals surface area contributed by atoms with Crippen molar-refractivity contribution in [3.05, 3.63) is 51.1 Å². The van der Waals surface area contributed by atoms with Crippen LogP contribution >= 0.6 is 27.3 Å². The predicted octanol–water partition coefficient (Wildman–Crippen LogP) is 3.41. The fourth-order valence-corrected chi connectivity index (χ4v) is 4.45. The molecule has 0 bridgehead atoms. The number of nitrogens with one attached hydrogen (secondary N) is 1. The van der Waals surface area contributed by atoms with Crippen LogP contribution in [-0.2, 0) is 16.6 Å². The second kappa shape index (κ2) is 5.84. The van der Waals surface area contributed by atoms with Crippen molar-refractivity contribution >= 4 is 37.3 Å². The Hall–Kier alpha value is -0.900. The van der Waals surface area contributed by atoms with Crippen LogP contribution in [0.5, 0.6) is 0 Å². The zero-order valence-electron chi connectivity index (χ0n) is 9.66. The summed E-state index contributed by atoms with van der Waals surface area (Å²) in [5.41, 5.74) is -0.275. The van der Waals surface area contributed by atoms with Crippen LogP contribution < -0.4 is 4.72 Å². The highest BCUT2D eigenvalue weighted by Crippen LogP contribution is 2.26. The Bertz CT molecular complexity index is 746. The number of benzene rings is 1. The van der Waals surface area contributed by atoms with Crippen molar-refractivity contribution in [1.82, 2.24) is 4.72 Å². The summed E-state index contributed by atoms with van der Waals surface area (Å²) >= 11 is 4.10. The summed E-state index contributed by atoms with van der Waals surface area (Å²) in [6, 6.07) is 4.65. The van der Waals surface area contributed by atoms with Gasteiger partial charge in [-0.3, -0.25) is 0 Å². The smallest absolute Gasteiger partial charge is 0.206 e. The minimum Gasteiger partial charge on any atom is -0.206 e. The molecule has 0 radical (unpaired) electrons. The van der Waals surface area contributed by atoms with Gasteiger partial charge in [-0.05, 0) is 34.1 Å². The summed E-state index contributed by atoms with van der Waals surface area (Å²) in [7, 11) is -3.82. The molecule has 0 unspecified atom stereocenters. The first kappa shape index (κ1) is 15.5. The minimum absolute atomic E-state index is 0.0346. The summed E-state index contributed by atoms with van der Waals surface area (Å²) < 4.78 is 65.7. The maximum Gasteiger partial charge on any atom is 0.250 e. The number of rotatable bonds is 4. The maximum absolute atomic E-state index is 13.4. The van der Waals surface area contributed by atoms with Crippen molar-refractivity contribution in [3.63, 3.8) is 0 Å². The van der Waals surface area contributed by atoms with Gasteiger partial charge < -0.3 is 0 Å². The van der Waals surface area contributed by atoms with Gasteiger partial charge >= 0.3 is 0 Å². The summed E-state index contributed by atoms with van der Waals surface area (Å²) in [6.07, 6.45) is 0. The van der Waals surface area contributed by atoms with Crippen LogP contribution in [0.2, 0.25) is 0 Å². The van der Waals surface area contributed by atoms with E-state index in [9.17, 15) is 21.6 Å². The third-order valence-corrected chi connectivity index (χ3v) is 5.90. The quantitative estimate of drug-likeness (QED) is 0.819. The van der Waals surface area contributed by atoms with Crippen LogP contribution in [0.25, 0.3) is 0 Å². The highest BCUT2D eigenvalue weighted by molar-refractivity contribution is 9.11. The molecule has 0 aliphatic heterocycles. The monoisotopic (exact) mass is 385 g/mol. The molecule has 108 valence electrons. The van der Waals surface area contributed by atoms with E-state index in [0.29, 0.717) is 3.79 Å². The van der Waals surface area contributed by atoms with Gasteiger partial charge in [-0.15, -0.1) is 11.3 Å². The molecule has 0 spiro atoms. The average molecular weight is 386 g/mol. The van der Waals surface area contributed by atoms with E-state index >= 15 is 0 Å². The van der Waals surface area contributed by atoms with E-state index in [0.717, 1.165) is 23.5 Å². The molecule has 20 heavy (non-hydrogen) atoms. The van der Waals surface area contributed by atoms with Gasteiger partial charge in [0.15, 0.2) is 17.5 Å². The van der Waals surface area contributed by atoms with Gasteiger partial charge in [0.1, 0.15) is 4.21 Å². The third kappa shape index (κ3) is 3.22. The lowest BCUT2D eigenvalue weighted by molar-refractivity contribution is 0.440. The fourth-order valence-electron chi connectivity index (χ4n) is 1.39. The molecule has 0 fully saturated rings. The zero-order valence-corrected chi connectivity index (χ0v) is 12.9. The first-order valence-corrected chi connectivity index (χ1v) is 8.28. The lowest BCUT2D eigenvalue weighted by Crippen LogP contribution is -2.23. The van der Waals surface area contributed by atoms with Gasteiger partial charge in [0.05, 0.1) is 3.79 Å². The molecule has 1 N–H and O–H groups in total. The van der Waals surface area contributed by atoms with E-state index in [1.165, 1.54) is 6.07 Å². The number of hydrogen-bond acceptors (Lipinski definition) is 3. The maximum atomic E-state index is 13.4. The van der Waals surface area contributed by atoms with E-state index in [2.05, 4.69) is 20.7 Å². The Morgan fingerprint density at radius 3 is 2.40 bits per heavy atom. The summed E-state index contributed by atoms with van der Waals surface area (Å²) in [6.45, 7) is -0.471. The van der Waals surface area contributed by atoms with Gasteiger partial charge in [0.25, 0.3) is 0 Å². The molecule has 0 saturated heterocycles. The van der Waals surface area contributed by atoms with Crippen molar-refractivity contribution in [3.8, 4) is 0 Å². The topological polar surface area (TPSA) is 46.2 Å². The van der Waals surface area contributed by atoms with Gasteiger partial charge in [-0.2, -0.15) is 0 Å². The Kier molecular flexibility index (Phi) is 4.52. The molecule has 0 aliphatic rings. The zero-order chi connectivity index (χ0) is 14.9. The fraction of sp³-hybridized carbons (Fsp3) is 0.0909. The molecule has 2 aromatic rings. The molecule has 0 aliphatic carbocycles. The molecular weight excluding hydrogens is 379 g/mol. The molecule has 1 aromatic carbocycles. The molecule has 0 saturated carbocycles. The van der Waals surface area contributed by atoms with E-state index in [4.69, 9.17) is 0 Å². The second-order valence-corrected chi connectivity index (χ2v) is 8.17. The molecule has 9 heteroatoms. The number of thiophene rings is 1. The van der Waals surface area contributed by atoms with Crippen LogP contribution in [0, 0.1) is 17.5 Å². The van der Waals surface area contributed by atoms with Gasteiger partial charge in [-0.25, -0.2) is 26.3 Å². The van der Waals surface area contributed by atoms with Crippen molar-refractivity contribution in [2.75, 3.05) is 0 Å². The molecule has 0 amide bonds. The van der Waals surface area contributed by atoms with Crippen LogP contribution in [0.4, 0.5) is 13.2 Å². The molecule has 2 rings (SSSR count). The third-order valence-electron chi connectivity index (χ3n) is 2.38. The normalized spacial score (nSPS) is 11.8. The average Bonchev–Trinajstić information content (AvgIpc) is 2.83. The SMILES string of the molecule is O=S(=O)(NCc1ccc(F)c(F)c1F)c1ccc(Br)s1. The predicted molar refractivity (Wildman–Crippen MR) is 72.4 cm³/mol. The van der Waals surface area contributed by atoms with E-state index in [1.54, 1.807) is 6.07 Å². The number of hydrogen-bond donors (Lipinski definition) is 1. The van der Waals surface area contributed by atoms with E-state index in [-0.39, 0.29) is 9.77 Å². The van der Waals surface area contributed by atoms with Crippen molar-refractivity contribution in [2.45, 2.75) is 10.8 Å². The van der Waals surface area contributed by atoms with Crippen LogP contribution in [0.15, 0.2) is 32.3 Å². The molecule has 3 nitrogen and oxygen atoms in total. The molecule has 1 heterocycles. The minimum atomic E-state index is -3.82. The van der Waals surface area contributed by atoms with E-state index < -0.39 is 34.0 Å². The lowest BCUT2D eigenvalue weighted by Gasteiger charge is -2.06. The largest absolute Gasteiger partial charge is 0.250 e. The van der Waals surface area contributed by atoms with E-state index in [1.807, 2.05) is 0 Å². The van der Waals surface area contributed by atoms with Crippen molar-refractivity contribution in [1.29, 1.82) is 0 Å². The van der Waals surface area contributed by atoms with Crippen molar-refractivity contribution < 1.29 is 21.6 Å². The van der Waals surface area contributed by atoms with Gasteiger partial charge in [0.2, 0.25) is 10.0 Å². The van der Waals surface area contributed by atoms with Gasteiger partial charge in [0, 0.05) is 12.1 Å². The standard InChI is InChI=1S/C11H7BrF3NO2S2/c12-8-3-4-9(19-8)20(17,18)16-5-6-1-2-7(13)11(15)10(6)14/h1-4,16H,5H2. The second-order valence-electron chi connectivity index (χ2n) is 3.72. The summed E-state index contributed by atoms with van der Waals surface area (Å²) in [5, 5.41) is 0. The Morgan fingerprint density at radius 1 is 1.10 bits per heavy atom. The van der Waals surface area contributed by atoms with Crippen molar-refractivity contribution in [2.24, 2.45) is 0 Å². The lowest BCUT2D eigenvalue weighted by atomic mass is 10.2. The number of sulfonamides is 1. The van der Waals surface area contributed by atoms with Crippen LogP contribution in [-0.4, -0.2) is 8.42 Å². The Morgan fingerprint density at radius 2 is 1.80 bits per heavy atom. The highest BCUT2D eigenvalue weighted by atomic mass is 79.9. The molecular formula is C11H7BrF3NO2S2. The first-order chi connectivity index (χ1) is 9.31. The highest BCUT2D eigenvalue weighted by Gasteiger charge is 2.19. The Labute approximate surface area is 125 Å². The summed E-state index contributed by atoms with van der Waals surface area (Å²) in [5.74, 6) is -4.35. The number of halogens is 4. The van der Waals surface area contributed by atoms with Crippen LogP contribution in [0.1, 0.15) is 5.56 Å². The Balaban J connectivity index is 2.19. The molecule has 0 atom stereocenters. The first-order valence-electron chi connectivity index (χ1n) is 5.18. The van der Waals surface area contributed by atoms with Gasteiger partial charge in [-0.1, -0.05) is 6.07 Å². The summed E-state index contributed by atoms with van der Waals surface area (Å²) in [4.78, 5) is 0. The molecule has 1 aromatic heterocycles. The van der Waals surface area contributed by atoms with Crippen LogP contribution in [0.3, 0.4) is 0 Å².